The first-order valence-corrected chi connectivity index (χ1v) is 6.90. The number of nitro benzene ring substituents is 1. The van der Waals surface area contributed by atoms with E-state index in [4.69, 9.17) is 0 Å². The molecule has 7 nitrogen and oxygen atoms in total. The topological polar surface area (TPSA) is 92.6 Å². The number of benzene rings is 1. The average Bonchev–Trinajstić information content (AvgIpc) is 2.26. The van der Waals surface area contributed by atoms with Crippen LogP contribution in [0.15, 0.2) is 23.1 Å². The molecule has 2 rings (SSSR count). The van der Waals surface area contributed by atoms with Crippen molar-refractivity contribution in [1.82, 2.24) is 9.62 Å². The van der Waals surface area contributed by atoms with Gasteiger partial charge >= 0.3 is 0 Å². The maximum absolute atomic E-state index is 13.6. The molecule has 19 heavy (non-hydrogen) atoms. The second-order valence-corrected chi connectivity index (χ2v) is 6.17. The van der Waals surface area contributed by atoms with E-state index in [2.05, 4.69) is 5.32 Å². The van der Waals surface area contributed by atoms with E-state index in [1.54, 1.807) is 0 Å². The molecule has 9 heteroatoms. The molecule has 0 saturated carbocycles. The highest BCUT2D eigenvalue weighted by molar-refractivity contribution is 7.89. The zero-order valence-corrected chi connectivity index (χ0v) is 10.9. The van der Waals surface area contributed by atoms with E-state index in [0.29, 0.717) is 13.1 Å². The van der Waals surface area contributed by atoms with Gasteiger partial charge in [-0.25, -0.2) is 12.8 Å². The van der Waals surface area contributed by atoms with Crippen LogP contribution in [0, 0.1) is 15.9 Å². The number of sulfonamides is 1. The van der Waals surface area contributed by atoms with Gasteiger partial charge in [0.05, 0.1) is 4.92 Å². The van der Waals surface area contributed by atoms with Crippen LogP contribution in [0.1, 0.15) is 0 Å². The van der Waals surface area contributed by atoms with Crippen LogP contribution in [0.4, 0.5) is 10.1 Å². The van der Waals surface area contributed by atoms with Crippen LogP contribution in [0.2, 0.25) is 0 Å². The fraction of sp³-hybridized carbons (Fsp3) is 0.400. The molecule has 0 aliphatic carbocycles. The number of nitro groups is 1. The summed E-state index contributed by atoms with van der Waals surface area (Å²) in [6, 6.07) is 2.20. The molecule has 0 atom stereocenters. The standard InChI is InChI=1S/C10H12FN3O4S/c1-13(8-5-12-6-8)19(17,18)10-4-7(14(15)16)2-3-9(10)11/h2-4,8,12H,5-6H2,1H3. The van der Waals surface area contributed by atoms with E-state index in [1.807, 2.05) is 0 Å². The monoisotopic (exact) mass is 289 g/mol. The van der Waals surface area contributed by atoms with Crippen LogP contribution in [0.5, 0.6) is 0 Å². The highest BCUT2D eigenvalue weighted by Gasteiger charge is 2.34. The summed E-state index contributed by atoms with van der Waals surface area (Å²) in [5, 5.41) is 13.5. The van der Waals surface area contributed by atoms with Crippen molar-refractivity contribution in [2.75, 3.05) is 20.1 Å². The summed E-state index contributed by atoms with van der Waals surface area (Å²) in [6.45, 7) is 0.957. The highest BCUT2D eigenvalue weighted by Crippen LogP contribution is 2.25. The van der Waals surface area contributed by atoms with Gasteiger partial charge in [-0.1, -0.05) is 0 Å². The van der Waals surface area contributed by atoms with Crippen LogP contribution in [0.25, 0.3) is 0 Å². The van der Waals surface area contributed by atoms with Crippen molar-refractivity contribution in [2.45, 2.75) is 10.9 Å². The Morgan fingerprint density at radius 2 is 2.11 bits per heavy atom. The largest absolute Gasteiger partial charge is 0.313 e. The molecule has 0 bridgehead atoms. The van der Waals surface area contributed by atoms with Crippen molar-refractivity contribution in [1.29, 1.82) is 0 Å². The third kappa shape index (κ3) is 2.44. The minimum Gasteiger partial charge on any atom is -0.313 e. The second-order valence-electron chi connectivity index (χ2n) is 4.21. The first-order valence-electron chi connectivity index (χ1n) is 5.46. The van der Waals surface area contributed by atoms with E-state index in [-0.39, 0.29) is 6.04 Å². The summed E-state index contributed by atoms with van der Waals surface area (Å²) in [4.78, 5) is 9.20. The molecule has 0 unspecified atom stereocenters. The third-order valence-electron chi connectivity index (χ3n) is 3.06. The summed E-state index contributed by atoms with van der Waals surface area (Å²) in [7, 11) is -2.74. The van der Waals surface area contributed by atoms with E-state index >= 15 is 0 Å². The van der Waals surface area contributed by atoms with Crippen molar-refractivity contribution in [2.24, 2.45) is 0 Å². The quantitative estimate of drug-likeness (QED) is 0.637. The van der Waals surface area contributed by atoms with Gasteiger partial charge in [-0.2, -0.15) is 4.31 Å². The number of rotatable bonds is 4. The third-order valence-corrected chi connectivity index (χ3v) is 4.98. The normalized spacial score (nSPS) is 16.4. The molecule has 1 N–H and O–H groups in total. The van der Waals surface area contributed by atoms with Crippen molar-refractivity contribution in [3.63, 3.8) is 0 Å². The molecule has 0 radical (unpaired) electrons. The van der Waals surface area contributed by atoms with E-state index in [9.17, 15) is 22.9 Å². The van der Waals surface area contributed by atoms with Gasteiger partial charge in [-0.05, 0) is 6.07 Å². The Balaban J connectivity index is 2.44. The minimum absolute atomic E-state index is 0.260. The van der Waals surface area contributed by atoms with Gasteiger partial charge in [0.25, 0.3) is 5.69 Å². The van der Waals surface area contributed by atoms with E-state index < -0.39 is 31.3 Å². The molecule has 0 amide bonds. The maximum atomic E-state index is 13.6. The molecular formula is C10H12FN3O4S. The van der Waals surface area contributed by atoms with Gasteiger partial charge in [0.1, 0.15) is 10.7 Å². The van der Waals surface area contributed by atoms with Crippen molar-refractivity contribution >= 4 is 15.7 Å². The average molecular weight is 289 g/mol. The second kappa shape index (κ2) is 4.83. The van der Waals surface area contributed by atoms with Gasteiger partial charge in [-0.15, -0.1) is 0 Å². The van der Waals surface area contributed by atoms with Crippen LogP contribution in [-0.4, -0.2) is 43.8 Å². The molecule has 1 heterocycles. The van der Waals surface area contributed by atoms with Crippen molar-refractivity contribution < 1.29 is 17.7 Å². The number of halogens is 1. The number of non-ortho nitro benzene ring substituents is 1. The molecule has 1 aromatic carbocycles. The molecule has 0 spiro atoms. The first kappa shape index (κ1) is 13.8. The lowest BCUT2D eigenvalue weighted by Crippen LogP contribution is -2.57. The first-order chi connectivity index (χ1) is 8.84. The number of hydrogen-bond acceptors (Lipinski definition) is 5. The molecule has 1 fully saturated rings. The fourth-order valence-electron chi connectivity index (χ4n) is 1.69. The van der Waals surface area contributed by atoms with Gasteiger partial charge < -0.3 is 5.32 Å². The van der Waals surface area contributed by atoms with Gasteiger partial charge in [0, 0.05) is 38.3 Å². The summed E-state index contributed by atoms with van der Waals surface area (Å²) >= 11 is 0. The number of nitrogens with zero attached hydrogens (tertiary/aromatic N) is 2. The molecule has 1 saturated heterocycles. The zero-order valence-electron chi connectivity index (χ0n) is 10.0. The lowest BCUT2D eigenvalue weighted by Gasteiger charge is -2.34. The summed E-state index contributed by atoms with van der Waals surface area (Å²) in [5.41, 5.74) is -0.458. The number of hydrogen-bond donors (Lipinski definition) is 1. The Morgan fingerprint density at radius 3 is 2.58 bits per heavy atom. The Bertz CT molecular complexity index is 615. The van der Waals surface area contributed by atoms with E-state index in [1.165, 1.54) is 7.05 Å². The summed E-state index contributed by atoms with van der Waals surface area (Å²) < 4.78 is 39.1. The van der Waals surface area contributed by atoms with Crippen LogP contribution < -0.4 is 5.32 Å². The number of nitrogens with one attached hydrogen (secondary N) is 1. The number of likely N-dealkylation sites (N-methyl/N-ethyl adjacent to an activating group) is 1. The van der Waals surface area contributed by atoms with Crippen LogP contribution in [-0.2, 0) is 10.0 Å². The summed E-state index contributed by atoms with van der Waals surface area (Å²) in [5.74, 6) is -0.996. The van der Waals surface area contributed by atoms with Gasteiger partial charge in [0.15, 0.2) is 0 Å². The molecule has 1 aliphatic rings. The Labute approximate surface area is 109 Å². The zero-order chi connectivity index (χ0) is 14.2. The molecule has 104 valence electrons. The maximum Gasteiger partial charge on any atom is 0.270 e. The smallest absolute Gasteiger partial charge is 0.270 e. The van der Waals surface area contributed by atoms with E-state index in [0.717, 1.165) is 22.5 Å². The molecular weight excluding hydrogens is 277 g/mol. The predicted octanol–water partition coefficient (Wildman–Crippen LogP) is 0.326. The Hall–Kier alpha value is -1.58. The predicted molar refractivity (Wildman–Crippen MR) is 64.7 cm³/mol. The van der Waals surface area contributed by atoms with Crippen molar-refractivity contribution in [3.05, 3.63) is 34.1 Å². The van der Waals surface area contributed by atoms with Gasteiger partial charge in [0.2, 0.25) is 10.0 Å². The van der Waals surface area contributed by atoms with Crippen LogP contribution >= 0.6 is 0 Å². The Kier molecular flexibility index (Phi) is 3.52. The van der Waals surface area contributed by atoms with Gasteiger partial charge in [-0.3, -0.25) is 10.1 Å². The molecule has 1 aromatic rings. The van der Waals surface area contributed by atoms with Crippen molar-refractivity contribution in [3.8, 4) is 0 Å². The lowest BCUT2D eigenvalue weighted by atomic mass is 10.2. The summed E-state index contributed by atoms with van der Waals surface area (Å²) in [6.07, 6.45) is 0. The Morgan fingerprint density at radius 1 is 1.47 bits per heavy atom. The highest BCUT2D eigenvalue weighted by atomic mass is 32.2. The SMILES string of the molecule is CN(C1CNC1)S(=O)(=O)c1cc([N+](=O)[O-])ccc1F. The minimum atomic E-state index is -4.07. The fourth-order valence-corrected chi connectivity index (χ4v) is 3.12. The van der Waals surface area contributed by atoms with Crippen LogP contribution in [0.3, 0.4) is 0 Å². The molecule has 1 aliphatic heterocycles. The lowest BCUT2D eigenvalue weighted by molar-refractivity contribution is -0.385. The molecule has 0 aromatic heterocycles.